The first-order chi connectivity index (χ1) is 8.16. The van der Waals surface area contributed by atoms with Gasteiger partial charge in [0.25, 0.3) is 0 Å². The van der Waals surface area contributed by atoms with Gasteiger partial charge in [0.15, 0.2) is 0 Å². The van der Waals surface area contributed by atoms with Gasteiger partial charge in [-0.25, -0.2) is 4.39 Å². The van der Waals surface area contributed by atoms with Gasteiger partial charge in [-0.15, -0.1) is 0 Å². The van der Waals surface area contributed by atoms with Crippen LogP contribution in [0, 0.1) is 11.7 Å². The van der Waals surface area contributed by atoms with E-state index in [-0.39, 0.29) is 5.82 Å². The number of rotatable bonds is 6. The van der Waals surface area contributed by atoms with Crippen LogP contribution in [0.3, 0.4) is 0 Å². The minimum Gasteiger partial charge on any atom is -0.384 e. The smallest absolute Gasteiger partial charge is 0.125 e. The largest absolute Gasteiger partial charge is 0.384 e. The third-order valence-corrected chi connectivity index (χ3v) is 3.62. The van der Waals surface area contributed by atoms with Crippen molar-refractivity contribution in [1.82, 2.24) is 4.90 Å². The maximum Gasteiger partial charge on any atom is 0.125 e. The van der Waals surface area contributed by atoms with Crippen molar-refractivity contribution in [3.63, 3.8) is 0 Å². The Bertz CT molecular complexity index is 363. The zero-order valence-electron chi connectivity index (χ0n) is 10.6. The molecular weight excluding hydrogens is 215 g/mol. The predicted octanol–water partition coefficient (Wildman–Crippen LogP) is 2.97. The molecule has 0 radical (unpaired) electrons. The molecule has 0 aromatic heterocycles. The Labute approximate surface area is 103 Å². The number of nitrogens with one attached hydrogen (secondary N) is 1. The lowest BCUT2D eigenvalue weighted by molar-refractivity contribution is 0.243. The molecule has 1 aromatic rings. The average molecular weight is 236 g/mol. The molecule has 1 fully saturated rings. The fourth-order valence-corrected chi connectivity index (χ4v) is 2.12. The van der Waals surface area contributed by atoms with E-state index in [1.165, 1.54) is 25.0 Å². The van der Waals surface area contributed by atoms with E-state index in [2.05, 4.69) is 24.2 Å². The number of hydrogen-bond acceptors (Lipinski definition) is 2. The van der Waals surface area contributed by atoms with Gasteiger partial charge >= 0.3 is 0 Å². The molecule has 0 aliphatic heterocycles. The molecule has 0 saturated heterocycles. The third-order valence-electron chi connectivity index (χ3n) is 3.62. The summed E-state index contributed by atoms with van der Waals surface area (Å²) in [6.45, 7) is 4.14. The van der Waals surface area contributed by atoms with Crippen molar-refractivity contribution >= 4 is 5.69 Å². The molecule has 1 aromatic carbocycles. The van der Waals surface area contributed by atoms with Crippen LogP contribution < -0.4 is 5.32 Å². The van der Waals surface area contributed by atoms with Crippen LogP contribution in [0.2, 0.25) is 0 Å². The predicted molar refractivity (Wildman–Crippen MR) is 69.7 cm³/mol. The highest BCUT2D eigenvalue weighted by Gasteiger charge is 2.29. The summed E-state index contributed by atoms with van der Waals surface area (Å²) in [5.41, 5.74) is 0.859. The molecule has 1 atom stereocenters. The van der Waals surface area contributed by atoms with Crippen LogP contribution in [-0.2, 0) is 0 Å². The summed E-state index contributed by atoms with van der Waals surface area (Å²) in [4.78, 5) is 2.38. The Hall–Kier alpha value is -1.09. The van der Waals surface area contributed by atoms with Crippen molar-refractivity contribution in [2.24, 2.45) is 5.92 Å². The SMILES string of the molecule is CC(C1CC1)N(C)CCNc1cccc(F)c1. The van der Waals surface area contributed by atoms with Gasteiger partial charge in [0.1, 0.15) is 5.82 Å². The molecule has 2 rings (SSSR count). The number of hydrogen-bond donors (Lipinski definition) is 1. The fourth-order valence-electron chi connectivity index (χ4n) is 2.12. The fraction of sp³-hybridized carbons (Fsp3) is 0.571. The lowest BCUT2D eigenvalue weighted by atomic mass is 10.2. The van der Waals surface area contributed by atoms with Crippen molar-refractivity contribution in [2.45, 2.75) is 25.8 Å². The Morgan fingerprint density at radius 3 is 2.88 bits per heavy atom. The van der Waals surface area contributed by atoms with Gasteiger partial charge in [-0.05, 0) is 50.9 Å². The molecule has 3 heteroatoms. The zero-order chi connectivity index (χ0) is 12.3. The van der Waals surface area contributed by atoms with E-state index in [4.69, 9.17) is 0 Å². The van der Waals surface area contributed by atoms with Crippen molar-refractivity contribution in [3.05, 3.63) is 30.1 Å². The second-order valence-corrected chi connectivity index (χ2v) is 5.00. The summed E-state index contributed by atoms with van der Waals surface area (Å²) < 4.78 is 12.9. The van der Waals surface area contributed by atoms with E-state index in [9.17, 15) is 4.39 Å². The molecule has 17 heavy (non-hydrogen) atoms. The first-order valence-electron chi connectivity index (χ1n) is 6.36. The summed E-state index contributed by atoms with van der Waals surface area (Å²) >= 11 is 0. The van der Waals surface area contributed by atoms with Gasteiger partial charge in [-0.1, -0.05) is 6.07 Å². The molecule has 1 aliphatic rings. The highest BCUT2D eigenvalue weighted by Crippen LogP contribution is 2.34. The quantitative estimate of drug-likeness (QED) is 0.817. The first kappa shape index (κ1) is 12.4. The Balaban J connectivity index is 1.71. The summed E-state index contributed by atoms with van der Waals surface area (Å²) in [5.74, 6) is 0.712. The zero-order valence-corrected chi connectivity index (χ0v) is 10.6. The molecule has 0 amide bonds. The molecule has 1 aliphatic carbocycles. The molecule has 1 N–H and O–H groups in total. The van der Waals surface area contributed by atoms with Crippen molar-refractivity contribution < 1.29 is 4.39 Å². The minimum atomic E-state index is -0.185. The number of anilines is 1. The molecule has 1 unspecified atom stereocenters. The number of halogens is 1. The first-order valence-corrected chi connectivity index (χ1v) is 6.36. The number of likely N-dealkylation sites (N-methyl/N-ethyl adjacent to an activating group) is 1. The van der Waals surface area contributed by atoms with E-state index in [1.807, 2.05) is 6.07 Å². The molecule has 0 heterocycles. The number of benzene rings is 1. The average Bonchev–Trinajstić information content (AvgIpc) is 3.12. The van der Waals surface area contributed by atoms with Crippen LogP contribution in [0.25, 0.3) is 0 Å². The lowest BCUT2D eigenvalue weighted by Gasteiger charge is -2.24. The third kappa shape index (κ3) is 3.70. The van der Waals surface area contributed by atoms with Crippen LogP contribution in [-0.4, -0.2) is 31.1 Å². The van der Waals surface area contributed by atoms with Crippen molar-refractivity contribution in [3.8, 4) is 0 Å². The molecule has 94 valence electrons. The van der Waals surface area contributed by atoms with Gasteiger partial charge in [0.2, 0.25) is 0 Å². The van der Waals surface area contributed by atoms with E-state index in [0.717, 1.165) is 24.7 Å². The Kier molecular flexibility index (Phi) is 4.00. The Morgan fingerprint density at radius 1 is 1.47 bits per heavy atom. The van der Waals surface area contributed by atoms with Gasteiger partial charge < -0.3 is 10.2 Å². The van der Waals surface area contributed by atoms with E-state index in [0.29, 0.717) is 6.04 Å². The van der Waals surface area contributed by atoms with Crippen molar-refractivity contribution in [2.75, 3.05) is 25.5 Å². The summed E-state index contributed by atoms with van der Waals surface area (Å²) in [5, 5.41) is 3.25. The van der Waals surface area contributed by atoms with Crippen LogP contribution in [0.15, 0.2) is 24.3 Å². The van der Waals surface area contributed by atoms with Crippen LogP contribution in [0.4, 0.5) is 10.1 Å². The monoisotopic (exact) mass is 236 g/mol. The van der Waals surface area contributed by atoms with E-state index < -0.39 is 0 Å². The maximum absolute atomic E-state index is 12.9. The van der Waals surface area contributed by atoms with Gasteiger partial charge in [0, 0.05) is 24.8 Å². The van der Waals surface area contributed by atoms with Crippen LogP contribution in [0.1, 0.15) is 19.8 Å². The highest BCUT2D eigenvalue weighted by molar-refractivity contribution is 5.42. The number of nitrogens with zero attached hydrogens (tertiary/aromatic N) is 1. The minimum absolute atomic E-state index is 0.185. The van der Waals surface area contributed by atoms with Gasteiger partial charge in [0.05, 0.1) is 0 Å². The Morgan fingerprint density at radius 2 is 2.24 bits per heavy atom. The molecule has 0 spiro atoms. The van der Waals surface area contributed by atoms with Gasteiger partial charge in [-0.3, -0.25) is 0 Å². The second kappa shape index (κ2) is 5.50. The molecule has 1 saturated carbocycles. The standard InChI is InChI=1S/C14H21FN2/c1-11(12-6-7-12)17(2)9-8-16-14-5-3-4-13(15)10-14/h3-5,10-12,16H,6-9H2,1-2H3. The normalized spacial score (nSPS) is 17.2. The second-order valence-electron chi connectivity index (χ2n) is 5.00. The summed E-state index contributed by atoms with van der Waals surface area (Å²) in [7, 11) is 2.16. The molecular formula is C14H21FN2. The molecule has 0 bridgehead atoms. The highest BCUT2D eigenvalue weighted by atomic mass is 19.1. The van der Waals surface area contributed by atoms with E-state index >= 15 is 0 Å². The maximum atomic E-state index is 12.9. The lowest BCUT2D eigenvalue weighted by Crippen LogP contribution is -2.34. The summed E-state index contributed by atoms with van der Waals surface area (Å²) in [6, 6.07) is 7.29. The summed E-state index contributed by atoms with van der Waals surface area (Å²) in [6.07, 6.45) is 2.76. The molecule has 2 nitrogen and oxygen atoms in total. The van der Waals surface area contributed by atoms with Crippen LogP contribution in [0.5, 0.6) is 0 Å². The van der Waals surface area contributed by atoms with Gasteiger partial charge in [-0.2, -0.15) is 0 Å². The van der Waals surface area contributed by atoms with E-state index in [1.54, 1.807) is 6.07 Å². The topological polar surface area (TPSA) is 15.3 Å². The van der Waals surface area contributed by atoms with Crippen molar-refractivity contribution in [1.29, 1.82) is 0 Å². The van der Waals surface area contributed by atoms with Crippen LogP contribution >= 0.6 is 0 Å².